The smallest absolute Gasteiger partial charge is 0.204 e. The van der Waals surface area contributed by atoms with Crippen molar-refractivity contribution >= 4 is 11.6 Å². The van der Waals surface area contributed by atoms with Crippen molar-refractivity contribution in [3.8, 4) is 5.75 Å². The molecule has 0 bridgehead atoms. The Kier molecular flexibility index (Phi) is 5.04. The number of nitrogens with one attached hydrogen (secondary N) is 1. The number of methoxy groups -OCH3 is 1. The summed E-state index contributed by atoms with van der Waals surface area (Å²) in [7, 11) is 1.69. The van der Waals surface area contributed by atoms with E-state index in [0.29, 0.717) is 6.04 Å². The SMILES string of the molecule is CCCNc1ncnc(N(CC2CC2)C(C)C)c1OC. The molecule has 1 fully saturated rings. The van der Waals surface area contributed by atoms with Gasteiger partial charge in [-0.25, -0.2) is 9.97 Å². The third-order valence-corrected chi connectivity index (χ3v) is 3.58. The first-order chi connectivity index (χ1) is 9.67. The first kappa shape index (κ1) is 14.9. The van der Waals surface area contributed by atoms with E-state index in [1.165, 1.54) is 12.8 Å². The van der Waals surface area contributed by atoms with Gasteiger partial charge in [0.25, 0.3) is 0 Å². The predicted octanol–water partition coefficient (Wildman–Crippen LogP) is 2.93. The molecule has 1 aromatic heterocycles. The summed E-state index contributed by atoms with van der Waals surface area (Å²) < 4.78 is 5.58. The lowest BCUT2D eigenvalue weighted by molar-refractivity contribution is 0.410. The Morgan fingerprint density at radius 2 is 2.15 bits per heavy atom. The van der Waals surface area contributed by atoms with Gasteiger partial charge in [-0.05, 0) is 39.0 Å². The molecule has 1 saturated carbocycles. The number of rotatable bonds is 8. The molecule has 1 heterocycles. The van der Waals surface area contributed by atoms with Gasteiger partial charge in [-0.15, -0.1) is 0 Å². The minimum atomic E-state index is 0.401. The zero-order chi connectivity index (χ0) is 14.5. The minimum absolute atomic E-state index is 0.401. The molecule has 0 spiro atoms. The molecule has 1 N–H and O–H groups in total. The van der Waals surface area contributed by atoms with E-state index in [2.05, 4.69) is 41.0 Å². The van der Waals surface area contributed by atoms with E-state index in [1.807, 2.05) is 0 Å². The normalized spacial score (nSPS) is 14.4. The summed E-state index contributed by atoms with van der Waals surface area (Å²) in [5, 5.41) is 3.31. The van der Waals surface area contributed by atoms with Gasteiger partial charge in [0.05, 0.1) is 7.11 Å². The lowest BCUT2D eigenvalue weighted by Gasteiger charge is -2.29. The molecule has 0 unspecified atom stereocenters. The van der Waals surface area contributed by atoms with Gasteiger partial charge in [-0.1, -0.05) is 6.92 Å². The fraction of sp³-hybridized carbons (Fsp3) is 0.733. The van der Waals surface area contributed by atoms with E-state index >= 15 is 0 Å². The summed E-state index contributed by atoms with van der Waals surface area (Å²) in [5.41, 5.74) is 0. The number of nitrogens with zero attached hydrogens (tertiary/aromatic N) is 3. The highest BCUT2D eigenvalue weighted by Crippen LogP contribution is 2.37. The lowest BCUT2D eigenvalue weighted by atomic mass is 10.2. The van der Waals surface area contributed by atoms with Crippen LogP contribution in [-0.4, -0.2) is 36.2 Å². The molecule has 5 nitrogen and oxygen atoms in total. The maximum Gasteiger partial charge on any atom is 0.204 e. The zero-order valence-electron chi connectivity index (χ0n) is 13.0. The number of aromatic nitrogens is 2. The fourth-order valence-electron chi connectivity index (χ4n) is 2.25. The molecule has 5 heteroatoms. The van der Waals surface area contributed by atoms with Crippen LogP contribution in [0.5, 0.6) is 5.75 Å². The van der Waals surface area contributed by atoms with E-state index in [0.717, 1.165) is 42.8 Å². The molecular formula is C15H26N4O. The van der Waals surface area contributed by atoms with Crippen LogP contribution in [0.25, 0.3) is 0 Å². The molecule has 20 heavy (non-hydrogen) atoms. The largest absolute Gasteiger partial charge is 0.490 e. The van der Waals surface area contributed by atoms with Crippen LogP contribution in [0.3, 0.4) is 0 Å². The highest BCUT2D eigenvalue weighted by atomic mass is 16.5. The first-order valence-corrected chi connectivity index (χ1v) is 7.56. The Morgan fingerprint density at radius 3 is 2.70 bits per heavy atom. The molecule has 0 atom stereocenters. The Balaban J connectivity index is 2.26. The fourth-order valence-corrected chi connectivity index (χ4v) is 2.25. The quantitative estimate of drug-likeness (QED) is 0.792. The number of ether oxygens (including phenoxy) is 1. The second-order valence-corrected chi connectivity index (χ2v) is 5.70. The van der Waals surface area contributed by atoms with Crippen molar-refractivity contribution in [3.63, 3.8) is 0 Å². The highest BCUT2D eigenvalue weighted by Gasteiger charge is 2.28. The van der Waals surface area contributed by atoms with Crippen molar-refractivity contribution in [2.24, 2.45) is 5.92 Å². The van der Waals surface area contributed by atoms with Crippen molar-refractivity contribution in [3.05, 3.63) is 6.33 Å². The molecular weight excluding hydrogens is 252 g/mol. The van der Waals surface area contributed by atoms with Crippen molar-refractivity contribution in [2.75, 3.05) is 30.4 Å². The maximum atomic E-state index is 5.58. The Morgan fingerprint density at radius 1 is 1.40 bits per heavy atom. The number of hydrogen-bond acceptors (Lipinski definition) is 5. The highest BCUT2D eigenvalue weighted by molar-refractivity contribution is 5.65. The summed E-state index contributed by atoms with van der Waals surface area (Å²) in [6.45, 7) is 8.47. The van der Waals surface area contributed by atoms with Gasteiger partial charge >= 0.3 is 0 Å². The lowest BCUT2D eigenvalue weighted by Crippen LogP contribution is -2.34. The first-order valence-electron chi connectivity index (χ1n) is 7.56. The van der Waals surface area contributed by atoms with E-state index in [9.17, 15) is 0 Å². The standard InChI is InChI=1S/C15H26N4O/c1-5-8-16-14-13(20-4)15(18-10-17-14)19(11(2)3)9-12-6-7-12/h10-12H,5-9H2,1-4H3,(H,16,17,18). The zero-order valence-corrected chi connectivity index (χ0v) is 13.0. The van der Waals surface area contributed by atoms with Crippen molar-refractivity contribution in [2.45, 2.75) is 46.1 Å². The molecule has 2 rings (SSSR count). The van der Waals surface area contributed by atoms with Crippen LogP contribution in [0, 0.1) is 5.92 Å². The van der Waals surface area contributed by atoms with Crippen LogP contribution in [0.15, 0.2) is 6.33 Å². The van der Waals surface area contributed by atoms with Gasteiger partial charge in [0, 0.05) is 19.1 Å². The monoisotopic (exact) mass is 278 g/mol. The van der Waals surface area contributed by atoms with Crippen molar-refractivity contribution in [1.82, 2.24) is 9.97 Å². The van der Waals surface area contributed by atoms with Crippen LogP contribution in [0.2, 0.25) is 0 Å². The summed E-state index contributed by atoms with van der Waals surface area (Å²) in [6, 6.07) is 0.401. The van der Waals surface area contributed by atoms with E-state index in [4.69, 9.17) is 4.74 Å². The van der Waals surface area contributed by atoms with Gasteiger partial charge in [0.15, 0.2) is 11.6 Å². The van der Waals surface area contributed by atoms with Gasteiger partial charge in [0.2, 0.25) is 5.75 Å². The summed E-state index contributed by atoms with van der Waals surface area (Å²) in [5.74, 6) is 3.27. The van der Waals surface area contributed by atoms with Gasteiger partial charge < -0.3 is 15.0 Å². The molecule has 1 aliphatic rings. The van der Waals surface area contributed by atoms with Crippen LogP contribution in [-0.2, 0) is 0 Å². The molecule has 0 saturated heterocycles. The minimum Gasteiger partial charge on any atom is -0.490 e. The van der Waals surface area contributed by atoms with Crippen molar-refractivity contribution in [1.29, 1.82) is 0 Å². The average Bonchev–Trinajstić information content (AvgIpc) is 3.25. The van der Waals surface area contributed by atoms with Crippen molar-refractivity contribution < 1.29 is 4.74 Å². The molecule has 1 aliphatic carbocycles. The second-order valence-electron chi connectivity index (χ2n) is 5.70. The summed E-state index contributed by atoms with van der Waals surface area (Å²) >= 11 is 0. The second kappa shape index (κ2) is 6.77. The molecule has 0 amide bonds. The van der Waals surface area contributed by atoms with Gasteiger partial charge in [-0.2, -0.15) is 0 Å². The third kappa shape index (κ3) is 3.52. The number of anilines is 2. The topological polar surface area (TPSA) is 50.3 Å². The summed E-state index contributed by atoms with van der Waals surface area (Å²) in [4.78, 5) is 11.1. The van der Waals surface area contributed by atoms with E-state index < -0.39 is 0 Å². The maximum absolute atomic E-state index is 5.58. The van der Waals surface area contributed by atoms with Crippen LogP contribution in [0.1, 0.15) is 40.0 Å². The average molecular weight is 278 g/mol. The molecule has 0 radical (unpaired) electrons. The third-order valence-electron chi connectivity index (χ3n) is 3.58. The Bertz CT molecular complexity index is 432. The number of hydrogen-bond donors (Lipinski definition) is 1. The molecule has 0 aromatic carbocycles. The van der Waals surface area contributed by atoms with Crippen LogP contribution < -0.4 is 15.0 Å². The summed E-state index contributed by atoms with van der Waals surface area (Å²) in [6.07, 6.45) is 5.34. The van der Waals surface area contributed by atoms with Gasteiger partial charge in [-0.3, -0.25) is 0 Å². The molecule has 112 valence electrons. The van der Waals surface area contributed by atoms with E-state index in [-0.39, 0.29) is 0 Å². The predicted molar refractivity (Wildman–Crippen MR) is 82.6 cm³/mol. The van der Waals surface area contributed by atoms with E-state index in [1.54, 1.807) is 13.4 Å². The Labute approximate surface area is 121 Å². The molecule has 0 aliphatic heterocycles. The van der Waals surface area contributed by atoms with Gasteiger partial charge in [0.1, 0.15) is 6.33 Å². The van der Waals surface area contributed by atoms with Crippen LogP contribution >= 0.6 is 0 Å². The van der Waals surface area contributed by atoms with Crippen LogP contribution in [0.4, 0.5) is 11.6 Å². The Hall–Kier alpha value is -1.52. The molecule has 1 aromatic rings.